The molecule has 17 heavy (non-hydrogen) atoms. The zero-order valence-electron chi connectivity index (χ0n) is 10.2. The van der Waals surface area contributed by atoms with Crippen LogP contribution < -0.4 is 5.32 Å². The molecule has 1 atom stereocenters. The molecule has 2 N–H and O–H groups in total. The van der Waals surface area contributed by atoms with Crippen molar-refractivity contribution in [2.75, 3.05) is 6.54 Å². The van der Waals surface area contributed by atoms with Crippen LogP contribution >= 0.6 is 11.3 Å². The molecule has 0 aliphatic heterocycles. The zero-order valence-corrected chi connectivity index (χ0v) is 11.1. The maximum atomic E-state index is 11.7. The van der Waals surface area contributed by atoms with Gasteiger partial charge in [-0.15, -0.1) is 11.3 Å². The van der Waals surface area contributed by atoms with Gasteiger partial charge < -0.3 is 10.4 Å². The fourth-order valence-electron chi connectivity index (χ4n) is 1.30. The molecule has 1 amide bonds. The van der Waals surface area contributed by atoms with Gasteiger partial charge >= 0.3 is 5.97 Å². The molecular formula is C12H17NO3S. The summed E-state index contributed by atoms with van der Waals surface area (Å²) in [7, 11) is 0. The fourth-order valence-corrected chi connectivity index (χ4v) is 2.25. The molecule has 0 bridgehead atoms. The lowest BCUT2D eigenvalue weighted by molar-refractivity contribution is -0.141. The first kappa shape index (κ1) is 13.7. The highest BCUT2D eigenvalue weighted by Gasteiger charge is 2.13. The van der Waals surface area contributed by atoms with Gasteiger partial charge in [0.25, 0.3) is 5.91 Å². The Morgan fingerprint density at radius 2 is 2.12 bits per heavy atom. The number of hydrogen-bond donors (Lipinski definition) is 2. The number of nitrogens with one attached hydrogen (secondary N) is 1. The van der Waals surface area contributed by atoms with Gasteiger partial charge in [0.1, 0.15) is 0 Å². The number of hydrogen-bond acceptors (Lipinski definition) is 3. The molecule has 1 rings (SSSR count). The lowest BCUT2D eigenvalue weighted by Crippen LogP contribution is -2.26. The highest BCUT2D eigenvalue weighted by Crippen LogP contribution is 2.20. The molecule has 4 nitrogen and oxygen atoms in total. The number of aliphatic carboxylic acids is 1. The standard InChI is InChI=1S/C12H17NO3S/c1-7(12(15)16)4-5-13-11(14)10-6-8(2)9(3)17-10/h6-7H,4-5H2,1-3H3,(H,13,14)(H,15,16). The molecular weight excluding hydrogens is 238 g/mol. The van der Waals surface area contributed by atoms with Gasteiger partial charge in [-0.3, -0.25) is 9.59 Å². The van der Waals surface area contributed by atoms with Gasteiger partial charge in [0.05, 0.1) is 10.8 Å². The SMILES string of the molecule is Cc1cc(C(=O)NCCC(C)C(=O)O)sc1C. The van der Waals surface area contributed by atoms with Crippen molar-refractivity contribution < 1.29 is 14.7 Å². The molecule has 0 aromatic carbocycles. The van der Waals surface area contributed by atoms with E-state index in [9.17, 15) is 9.59 Å². The summed E-state index contributed by atoms with van der Waals surface area (Å²) < 4.78 is 0. The van der Waals surface area contributed by atoms with Crippen molar-refractivity contribution in [1.29, 1.82) is 0 Å². The first-order valence-corrected chi connectivity index (χ1v) is 6.31. The van der Waals surface area contributed by atoms with Crippen LogP contribution in [-0.2, 0) is 4.79 Å². The molecule has 0 radical (unpaired) electrons. The van der Waals surface area contributed by atoms with E-state index >= 15 is 0 Å². The maximum Gasteiger partial charge on any atom is 0.306 e. The van der Waals surface area contributed by atoms with Crippen molar-refractivity contribution >= 4 is 23.2 Å². The summed E-state index contributed by atoms with van der Waals surface area (Å²) >= 11 is 1.46. The van der Waals surface area contributed by atoms with Gasteiger partial charge in [0, 0.05) is 11.4 Å². The lowest BCUT2D eigenvalue weighted by atomic mass is 10.1. The second-order valence-electron chi connectivity index (χ2n) is 4.13. The van der Waals surface area contributed by atoms with Gasteiger partial charge in [0.2, 0.25) is 0 Å². The molecule has 1 aromatic heterocycles. The van der Waals surface area contributed by atoms with E-state index in [4.69, 9.17) is 5.11 Å². The largest absolute Gasteiger partial charge is 0.481 e. The minimum absolute atomic E-state index is 0.121. The Bertz CT molecular complexity index is 406. The Labute approximate surface area is 105 Å². The van der Waals surface area contributed by atoms with Gasteiger partial charge in [-0.1, -0.05) is 6.92 Å². The summed E-state index contributed by atoms with van der Waals surface area (Å²) in [6, 6.07) is 1.86. The lowest BCUT2D eigenvalue weighted by Gasteiger charge is -2.06. The van der Waals surface area contributed by atoms with Crippen LogP contribution in [0.5, 0.6) is 0 Å². The molecule has 5 heteroatoms. The predicted octanol–water partition coefficient (Wildman–Crippen LogP) is 2.21. The number of thiophene rings is 1. The minimum Gasteiger partial charge on any atom is -0.481 e. The van der Waals surface area contributed by atoms with Crippen molar-refractivity contribution in [2.24, 2.45) is 5.92 Å². The molecule has 0 saturated carbocycles. The van der Waals surface area contributed by atoms with E-state index in [0.29, 0.717) is 17.8 Å². The predicted molar refractivity (Wildman–Crippen MR) is 67.5 cm³/mol. The summed E-state index contributed by atoms with van der Waals surface area (Å²) in [4.78, 5) is 24.1. The molecule has 0 saturated heterocycles. The van der Waals surface area contributed by atoms with Gasteiger partial charge in [-0.2, -0.15) is 0 Å². The first-order valence-electron chi connectivity index (χ1n) is 5.50. The Hall–Kier alpha value is -1.36. The Morgan fingerprint density at radius 1 is 1.47 bits per heavy atom. The summed E-state index contributed by atoms with van der Waals surface area (Å²) in [6.45, 7) is 5.97. The summed E-state index contributed by atoms with van der Waals surface area (Å²) in [5.41, 5.74) is 1.11. The number of carbonyl (C=O) groups is 2. The van der Waals surface area contributed by atoms with E-state index < -0.39 is 11.9 Å². The number of amides is 1. The highest BCUT2D eigenvalue weighted by atomic mass is 32.1. The van der Waals surface area contributed by atoms with E-state index in [-0.39, 0.29) is 5.91 Å². The van der Waals surface area contributed by atoms with Crippen LogP contribution in [0.2, 0.25) is 0 Å². The van der Waals surface area contributed by atoms with Crippen LogP contribution in [0.4, 0.5) is 0 Å². The third kappa shape index (κ3) is 3.85. The number of carboxylic acid groups (broad SMARTS) is 1. The number of carbonyl (C=O) groups excluding carboxylic acids is 1. The highest BCUT2D eigenvalue weighted by molar-refractivity contribution is 7.14. The van der Waals surface area contributed by atoms with E-state index in [1.165, 1.54) is 11.3 Å². The topological polar surface area (TPSA) is 66.4 Å². The molecule has 0 spiro atoms. The molecule has 1 heterocycles. The Balaban J connectivity index is 2.43. The quantitative estimate of drug-likeness (QED) is 0.847. The summed E-state index contributed by atoms with van der Waals surface area (Å²) in [5, 5.41) is 11.4. The van der Waals surface area contributed by atoms with Crippen molar-refractivity contribution in [3.8, 4) is 0 Å². The van der Waals surface area contributed by atoms with Gasteiger partial charge in [0.15, 0.2) is 0 Å². The second kappa shape index (κ2) is 5.82. The molecule has 0 aliphatic rings. The monoisotopic (exact) mass is 255 g/mol. The van der Waals surface area contributed by atoms with Gasteiger partial charge in [-0.05, 0) is 31.9 Å². The molecule has 0 aliphatic carbocycles. The second-order valence-corrected chi connectivity index (χ2v) is 5.39. The summed E-state index contributed by atoms with van der Waals surface area (Å²) in [6.07, 6.45) is 0.449. The number of carboxylic acids is 1. The number of aryl methyl sites for hydroxylation is 2. The minimum atomic E-state index is -0.831. The average molecular weight is 255 g/mol. The third-order valence-electron chi connectivity index (χ3n) is 2.67. The Kier molecular flexibility index (Phi) is 4.69. The van der Waals surface area contributed by atoms with Crippen LogP contribution in [0, 0.1) is 19.8 Å². The first-order chi connectivity index (χ1) is 7.91. The Morgan fingerprint density at radius 3 is 2.59 bits per heavy atom. The number of rotatable bonds is 5. The maximum absolute atomic E-state index is 11.7. The van der Waals surface area contributed by atoms with E-state index in [0.717, 1.165) is 10.4 Å². The smallest absolute Gasteiger partial charge is 0.306 e. The molecule has 0 fully saturated rings. The van der Waals surface area contributed by atoms with Crippen LogP contribution in [0.1, 0.15) is 33.5 Å². The fraction of sp³-hybridized carbons (Fsp3) is 0.500. The van der Waals surface area contributed by atoms with Crippen LogP contribution in [-0.4, -0.2) is 23.5 Å². The normalized spacial score (nSPS) is 12.2. The van der Waals surface area contributed by atoms with E-state index in [1.807, 2.05) is 19.9 Å². The molecule has 1 unspecified atom stereocenters. The van der Waals surface area contributed by atoms with Crippen LogP contribution in [0.3, 0.4) is 0 Å². The van der Waals surface area contributed by atoms with Crippen molar-refractivity contribution in [3.05, 3.63) is 21.4 Å². The molecule has 1 aromatic rings. The van der Waals surface area contributed by atoms with Crippen molar-refractivity contribution in [3.63, 3.8) is 0 Å². The van der Waals surface area contributed by atoms with Gasteiger partial charge in [-0.25, -0.2) is 0 Å². The third-order valence-corrected chi connectivity index (χ3v) is 3.83. The molecule has 94 valence electrons. The zero-order chi connectivity index (χ0) is 13.0. The van der Waals surface area contributed by atoms with Crippen LogP contribution in [0.15, 0.2) is 6.07 Å². The van der Waals surface area contributed by atoms with Crippen molar-refractivity contribution in [2.45, 2.75) is 27.2 Å². The average Bonchev–Trinajstić information content (AvgIpc) is 2.59. The van der Waals surface area contributed by atoms with Crippen molar-refractivity contribution in [1.82, 2.24) is 5.32 Å². The van der Waals surface area contributed by atoms with E-state index in [2.05, 4.69) is 5.32 Å². The summed E-state index contributed by atoms with van der Waals surface area (Å²) in [5.74, 6) is -1.38. The van der Waals surface area contributed by atoms with Crippen LogP contribution in [0.25, 0.3) is 0 Å². The van der Waals surface area contributed by atoms with E-state index in [1.54, 1.807) is 6.92 Å².